The molecule has 166 valence electrons. The third-order valence-corrected chi connectivity index (χ3v) is 7.26. The zero-order valence-corrected chi connectivity index (χ0v) is 17.1. The molecule has 2 rings (SSSR count). The molecule has 2 heterocycles. The number of H-pyrrole nitrogens is 1. The lowest BCUT2D eigenvalue weighted by atomic mass is 10.2. The smallest absolute Gasteiger partial charge is 0.390 e. The number of aromatic nitrogens is 2. The molecule has 0 radical (unpaired) electrons. The Hall–Kier alpha value is -0.990. The molecule has 29 heavy (non-hydrogen) atoms. The molecule has 0 saturated carbocycles. The number of hydrogen-bond acceptors (Lipinski definition) is 10. The largest absolute Gasteiger partial charge is 0.490 e. The van der Waals surface area contributed by atoms with Gasteiger partial charge in [-0.2, -0.15) is 8.62 Å². The molecular formula is C10H17N2O14P3. The number of phosphoric ester groups is 1. The van der Waals surface area contributed by atoms with Gasteiger partial charge in [0.1, 0.15) is 18.0 Å². The summed E-state index contributed by atoms with van der Waals surface area (Å²) >= 11 is 0. The second-order valence-electron chi connectivity index (χ2n) is 5.76. The molecule has 1 aromatic heterocycles. The van der Waals surface area contributed by atoms with E-state index in [4.69, 9.17) is 19.4 Å². The number of nitrogens with zero attached hydrogens (tertiary/aromatic N) is 1. The van der Waals surface area contributed by atoms with E-state index >= 15 is 0 Å². The molecule has 1 aromatic rings. The number of nitrogens with one attached hydrogen (secondary N) is 1. The van der Waals surface area contributed by atoms with Gasteiger partial charge in [0, 0.05) is 19.5 Å². The van der Waals surface area contributed by atoms with Gasteiger partial charge in [0.15, 0.2) is 5.78 Å². The van der Waals surface area contributed by atoms with Crippen LogP contribution in [0.3, 0.4) is 0 Å². The van der Waals surface area contributed by atoms with Crippen LogP contribution in [0.15, 0.2) is 11.0 Å². The third kappa shape index (κ3) is 7.03. The average Bonchev–Trinajstić information content (AvgIpc) is 3.04. The Kier molecular flexibility index (Phi) is 7.23. The van der Waals surface area contributed by atoms with Crippen molar-refractivity contribution in [1.29, 1.82) is 0 Å². The van der Waals surface area contributed by atoms with Crippen LogP contribution >= 0.6 is 23.5 Å². The zero-order valence-electron chi connectivity index (χ0n) is 14.4. The Bertz CT molecular complexity index is 963. The van der Waals surface area contributed by atoms with Crippen LogP contribution in [0.4, 0.5) is 0 Å². The summed E-state index contributed by atoms with van der Waals surface area (Å²) in [5, 5.41) is 9.97. The summed E-state index contributed by atoms with van der Waals surface area (Å²) in [4.78, 5) is 60.8. The van der Waals surface area contributed by atoms with Crippen LogP contribution < -0.4 is 5.69 Å². The summed E-state index contributed by atoms with van der Waals surface area (Å²) in [6, 6.07) is 0. The lowest BCUT2D eigenvalue weighted by molar-refractivity contribution is -0.0444. The Morgan fingerprint density at radius 1 is 1.24 bits per heavy atom. The number of phosphoric acid groups is 3. The summed E-state index contributed by atoms with van der Waals surface area (Å²) in [5.41, 5.74) is -0.717. The van der Waals surface area contributed by atoms with E-state index in [1.165, 1.54) is 6.92 Å². The summed E-state index contributed by atoms with van der Waals surface area (Å²) in [7, 11) is -16.6. The van der Waals surface area contributed by atoms with Gasteiger partial charge in [-0.3, -0.25) is 13.9 Å². The average molecular weight is 482 g/mol. The highest BCUT2D eigenvalue weighted by molar-refractivity contribution is 7.66. The molecule has 0 amide bonds. The van der Waals surface area contributed by atoms with Crippen LogP contribution in [-0.4, -0.2) is 58.8 Å². The van der Waals surface area contributed by atoms with E-state index in [2.05, 4.69) is 18.1 Å². The Morgan fingerprint density at radius 3 is 2.38 bits per heavy atom. The van der Waals surface area contributed by atoms with Gasteiger partial charge in [-0.1, -0.05) is 0 Å². The van der Waals surface area contributed by atoms with Gasteiger partial charge in [-0.25, -0.2) is 18.5 Å². The highest BCUT2D eigenvalue weighted by Gasteiger charge is 2.43. The normalized spacial score (nSPS) is 26.8. The number of aliphatic hydroxyl groups is 1. The molecule has 2 unspecified atom stereocenters. The maximum atomic E-state index is 11.9. The Morgan fingerprint density at radius 2 is 1.86 bits per heavy atom. The third-order valence-electron chi connectivity index (χ3n) is 3.46. The van der Waals surface area contributed by atoms with Crippen LogP contribution in [0.25, 0.3) is 0 Å². The molecule has 0 bridgehead atoms. The number of rotatable bonds is 9. The molecule has 1 aliphatic rings. The predicted molar refractivity (Wildman–Crippen MR) is 89.4 cm³/mol. The minimum atomic E-state index is -5.67. The molecule has 1 saturated heterocycles. The molecule has 0 spiro atoms. The van der Waals surface area contributed by atoms with Gasteiger partial charge < -0.3 is 34.4 Å². The maximum absolute atomic E-state index is 11.9. The van der Waals surface area contributed by atoms with Crippen LogP contribution in [0, 0.1) is 0 Å². The van der Waals surface area contributed by atoms with Crippen molar-refractivity contribution < 1.29 is 61.1 Å². The van der Waals surface area contributed by atoms with Crippen molar-refractivity contribution in [2.75, 3.05) is 6.61 Å². The van der Waals surface area contributed by atoms with E-state index in [1.807, 2.05) is 0 Å². The predicted octanol–water partition coefficient (Wildman–Crippen LogP) is -0.629. The Labute approximate surface area is 161 Å². The maximum Gasteiger partial charge on any atom is 0.490 e. The minimum absolute atomic E-state index is 0.00944. The zero-order chi connectivity index (χ0) is 22.2. The molecule has 0 aliphatic carbocycles. The Balaban J connectivity index is 2.00. The van der Waals surface area contributed by atoms with Gasteiger partial charge >= 0.3 is 29.2 Å². The first-order valence-corrected chi connectivity index (χ1v) is 12.0. The molecule has 19 heteroatoms. The number of aromatic amines is 1. The van der Waals surface area contributed by atoms with E-state index in [-0.39, 0.29) is 12.1 Å². The van der Waals surface area contributed by atoms with Crippen molar-refractivity contribution in [3.63, 3.8) is 0 Å². The highest BCUT2D eigenvalue weighted by atomic mass is 31.3. The van der Waals surface area contributed by atoms with Crippen molar-refractivity contribution in [2.24, 2.45) is 0 Å². The fraction of sp³-hybridized carbons (Fsp3) is 0.600. The monoisotopic (exact) mass is 482 g/mol. The second kappa shape index (κ2) is 8.63. The van der Waals surface area contributed by atoms with E-state index < -0.39 is 60.0 Å². The molecule has 6 N–H and O–H groups in total. The minimum Gasteiger partial charge on any atom is -0.390 e. The van der Waals surface area contributed by atoms with Crippen molar-refractivity contribution in [3.05, 3.63) is 22.4 Å². The van der Waals surface area contributed by atoms with Gasteiger partial charge in [0.05, 0.1) is 12.7 Å². The van der Waals surface area contributed by atoms with E-state index in [0.29, 0.717) is 0 Å². The number of ketones is 1. The standard InChI is InChI=1S/C10H17N2O14P3/c1-5(13)6-3-12(10(15)11-6)9-2-7(14)8(24-9)4-23-28(19,20)26-29(21,22)25-27(16,17)18/h3,7-9,14H,2,4H2,1H3,(H,11,15)(H,19,20)(H,21,22)(H2,16,17,18)/t7-,8+,9+/m0/s1. The second-order valence-corrected chi connectivity index (χ2v) is 10.2. The number of hydrogen-bond donors (Lipinski definition) is 6. The fourth-order valence-electron chi connectivity index (χ4n) is 2.31. The van der Waals surface area contributed by atoms with Crippen molar-refractivity contribution in [2.45, 2.75) is 31.8 Å². The first-order chi connectivity index (χ1) is 13.1. The van der Waals surface area contributed by atoms with Crippen LogP contribution in [0.2, 0.25) is 0 Å². The number of carbonyl (C=O) groups is 1. The van der Waals surface area contributed by atoms with Crippen LogP contribution in [0.5, 0.6) is 0 Å². The first kappa shape index (κ1) is 24.3. The summed E-state index contributed by atoms with van der Waals surface area (Å²) in [5.74, 6) is -0.427. The van der Waals surface area contributed by atoms with Crippen molar-refractivity contribution >= 4 is 29.3 Å². The molecule has 1 fully saturated rings. The summed E-state index contributed by atoms with van der Waals surface area (Å²) in [6.45, 7) is 0.339. The van der Waals surface area contributed by atoms with E-state index in [9.17, 15) is 33.3 Å². The SMILES string of the molecule is CC(=O)c1cn([C@H]2C[C@H](O)[C@@H](COP(=O)(O)OP(=O)(O)OP(=O)(O)O)O2)c(=O)[nH]1. The van der Waals surface area contributed by atoms with Gasteiger partial charge in [-0.05, 0) is 0 Å². The summed E-state index contributed by atoms with van der Waals surface area (Å²) < 4.78 is 51.2. The van der Waals surface area contributed by atoms with Gasteiger partial charge in [-0.15, -0.1) is 0 Å². The molecule has 1 aliphatic heterocycles. The van der Waals surface area contributed by atoms with Gasteiger partial charge in [0.25, 0.3) is 0 Å². The van der Waals surface area contributed by atoms with Gasteiger partial charge in [0.2, 0.25) is 0 Å². The molecule has 5 atom stereocenters. The number of imidazole rings is 1. The van der Waals surface area contributed by atoms with E-state index in [0.717, 1.165) is 10.8 Å². The lowest BCUT2D eigenvalue weighted by Crippen LogP contribution is -2.26. The van der Waals surface area contributed by atoms with Crippen molar-refractivity contribution in [1.82, 2.24) is 9.55 Å². The number of ether oxygens (including phenoxy) is 1. The topological polar surface area (TPSA) is 244 Å². The lowest BCUT2D eigenvalue weighted by Gasteiger charge is -2.19. The van der Waals surface area contributed by atoms with Crippen LogP contribution in [0.1, 0.15) is 30.1 Å². The van der Waals surface area contributed by atoms with Crippen LogP contribution in [-0.2, 0) is 31.6 Å². The quantitative estimate of drug-likeness (QED) is 0.190. The number of aliphatic hydroxyl groups excluding tert-OH is 1. The molecule has 0 aromatic carbocycles. The fourth-order valence-corrected chi connectivity index (χ4v) is 5.34. The molecule has 16 nitrogen and oxygen atoms in total. The van der Waals surface area contributed by atoms with Crippen molar-refractivity contribution in [3.8, 4) is 0 Å². The highest BCUT2D eigenvalue weighted by Crippen LogP contribution is 2.66. The number of carbonyl (C=O) groups excluding carboxylic acids is 1. The number of Topliss-reactive ketones (excluding diaryl/α,β-unsaturated/α-hetero) is 1. The van der Waals surface area contributed by atoms with E-state index in [1.54, 1.807) is 0 Å². The molecular weight excluding hydrogens is 465 g/mol. The summed E-state index contributed by atoms with van der Waals surface area (Å²) in [6.07, 6.45) is -2.68. The first-order valence-electron chi connectivity index (χ1n) is 7.52.